The van der Waals surface area contributed by atoms with Crippen LogP contribution in [0, 0.1) is 5.92 Å². The van der Waals surface area contributed by atoms with Crippen LogP contribution in [0.15, 0.2) is 24.4 Å². The Morgan fingerprint density at radius 3 is 2.60 bits per heavy atom. The third kappa shape index (κ3) is 5.26. The lowest BCUT2D eigenvalue weighted by Gasteiger charge is -2.24. The Hall–Kier alpha value is -2.11. The van der Waals surface area contributed by atoms with Crippen molar-refractivity contribution in [1.29, 1.82) is 0 Å². The van der Waals surface area contributed by atoms with Gasteiger partial charge in [0.15, 0.2) is 0 Å². The van der Waals surface area contributed by atoms with Crippen LogP contribution in [0.25, 0.3) is 0 Å². The van der Waals surface area contributed by atoms with Gasteiger partial charge in [0, 0.05) is 19.3 Å². The first-order valence-electron chi connectivity index (χ1n) is 6.53. The summed E-state index contributed by atoms with van der Waals surface area (Å²) in [5, 5.41) is 11.6. The van der Waals surface area contributed by atoms with Crippen molar-refractivity contribution in [2.45, 2.75) is 32.9 Å². The lowest BCUT2D eigenvalue weighted by Crippen LogP contribution is -2.46. The standard InChI is InChI=1S/C14H21N3O3/c1-10(2)12(8-13(18)19)16-14(20)17(3)9-11-6-4-5-7-15-11/h4-7,10,12H,8-9H2,1-3H3,(H,16,20)(H,18,19). The van der Waals surface area contributed by atoms with Gasteiger partial charge < -0.3 is 15.3 Å². The fraction of sp³-hybridized carbons (Fsp3) is 0.500. The van der Waals surface area contributed by atoms with E-state index < -0.39 is 5.97 Å². The average Bonchev–Trinajstić information content (AvgIpc) is 2.38. The molecule has 2 N–H and O–H groups in total. The van der Waals surface area contributed by atoms with Gasteiger partial charge in [0.25, 0.3) is 0 Å². The van der Waals surface area contributed by atoms with E-state index in [1.807, 2.05) is 32.0 Å². The zero-order valence-electron chi connectivity index (χ0n) is 12.0. The molecule has 6 nitrogen and oxygen atoms in total. The molecule has 0 aliphatic rings. The summed E-state index contributed by atoms with van der Waals surface area (Å²) in [7, 11) is 1.65. The van der Waals surface area contributed by atoms with Gasteiger partial charge in [-0.15, -0.1) is 0 Å². The molecule has 1 aromatic rings. The number of carboxylic acid groups (broad SMARTS) is 1. The second kappa shape index (κ2) is 7.47. The van der Waals surface area contributed by atoms with Crippen LogP contribution in [0.5, 0.6) is 0 Å². The first kappa shape index (κ1) is 15.9. The van der Waals surface area contributed by atoms with Crippen molar-refractivity contribution < 1.29 is 14.7 Å². The van der Waals surface area contributed by atoms with E-state index in [1.165, 1.54) is 4.90 Å². The van der Waals surface area contributed by atoms with E-state index in [0.717, 1.165) is 5.69 Å². The van der Waals surface area contributed by atoms with Gasteiger partial charge in [0.1, 0.15) is 0 Å². The number of carbonyl (C=O) groups excluding carboxylic acids is 1. The van der Waals surface area contributed by atoms with E-state index in [-0.39, 0.29) is 24.4 Å². The van der Waals surface area contributed by atoms with Crippen LogP contribution in [0.1, 0.15) is 26.0 Å². The number of rotatable bonds is 6. The molecule has 20 heavy (non-hydrogen) atoms. The Labute approximate surface area is 118 Å². The summed E-state index contributed by atoms with van der Waals surface area (Å²) < 4.78 is 0. The number of urea groups is 1. The number of aliphatic carboxylic acids is 1. The van der Waals surface area contributed by atoms with Crippen LogP contribution in [0.2, 0.25) is 0 Å². The molecule has 0 saturated carbocycles. The predicted octanol–water partition coefficient (Wildman–Crippen LogP) is 1.72. The van der Waals surface area contributed by atoms with Crippen molar-refractivity contribution in [2.75, 3.05) is 7.05 Å². The van der Waals surface area contributed by atoms with Crippen molar-refractivity contribution in [1.82, 2.24) is 15.2 Å². The summed E-state index contributed by atoms with van der Waals surface area (Å²) in [4.78, 5) is 28.5. The van der Waals surface area contributed by atoms with Gasteiger partial charge in [-0.3, -0.25) is 9.78 Å². The van der Waals surface area contributed by atoms with Gasteiger partial charge >= 0.3 is 12.0 Å². The molecule has 0 saturated heterocycles. The SMILES string of the molecule is CC(C)C(CC(=O)O)NC(=O)N(C)Cc1ccccn1. The third-order valence-electron chi connectivity index (χ3n) is 2.98. The molecule has 0 spiro atoms. The average molecular weight is 279 g/mol. The molecule has 1 rings (SSSR count). The number of pyridine rings is 1. The zero-order valence-corrected chi connectivity index (χ0v) is 12.0. The molecule has 0 bridgehead atoms. The summed E-state index contributed by atoms with van der Waals surface area (Å²) in [6.45, 7) is 4.14. The van der Waals surface area contributed by atoms with Crippen LogP contribution in [-0.2, 0) is 11.3 Å². The minimum absolute atomic E-state index is 0.0540. The van der Waals surface area contributed by atoms with Crippen molar-refractivity contribution >= 4 is 12.0 Å². The molecular formula is C14H21N3O3. The number of nitrogens with zero attached hydrogens (tertiary/aromatic N) is 2. The number of carbonyl (C=O) groups is 2. The van der Waals surface area contributed by atoms with Gasteiger partial charge in [0.2, 0.25) is 0 Å². The third-order valence-corrected chi connectivity index (χ3v) is 2.98. The molecule has 0 radical (unpaired) electrons. The number of nitrogens with one attached hydrogen (secondary N) is 1. The highest BCUT2D eigenvalue weighted by Gasteiger charge is 2.21. The molecule has 6 heteroatoms. The highest BCUT2D eigenvalue weighted by atomic mass is 16.4. The highest BCUT2D eigenvalue weighted by Crippen LogP contribution is 2.07. The maximum Gasteiger partial charge on any atom is 0.317 e. The molecule has 0 aromatic carbocycles. The quantitative estimate of drug-likeness (QED) is 0.830. The number of hydrogen-bond acceptors (Lipinski definition) is 3. The molecule has 0 aliphatic heterocycles. The topological polar surface area (TPSA) is 82.5 Å². The molecule has 1 unspecified atom stereocenters. The molecular weight excluding hydrogens is 258 g/mol. The van der Waals surface area contributed by atoms with Gasteiger partial charge in [-0.2, -0.15) is 0 Å². The summed E-state index contributed by atoms with van der Waals surface area (Å²) in [6, 6.07) is 4.82. The van der Waals surface area contributed by atoms with Crippen LogP contribution < -0.4 is 5.32 Å². The van der Waals surface area contributed by atoms with Gasteiger partial charge in [0.05, 0.1) is 18.7 Å². The largest absolute Gasteiger partial charge is 0.481 e. The van der Waals surface area contributed by atoms with E-state index in [1.54, 1.807) is 13.2 Å². The predicted molar refractivity (Wildman–Crippen MR) is 75.1 cm³/mol. The van der Waals surface area contributed by atoms with Crippen molar-refractivity contribution in [2.24, 2.45) is 5.92 Å². The molecule has 1 aromatic heterocycles. The van der Waals surface area contributed by atoms with E-state index in [9.17, 15) is 9.59 Å². The summed E-state index contributed by atoms with van der Waals surface area (Å²) >= 11 is 0. The second-order valence-corrected chi connectivity index (χ2v) is 5.08. The van der Waals surface area contributed by atoms with E-state index in [0.29, 0.717) is 6.54 Å². The highest BCUT2D eigenvalue weighted by molar-refractivity contribution is 5.75. The zero-order chi connectivity index (χ0) is 15.1. The minimum Gasteiger partial charge on any atom is -0.481 e. The normalized spacial score (nSPS) is 12.0. The van der Waals surface area contributed by atoms with Gasteiger partial charge in [-0.05, 0) is 18.1 Å². The minimum atomic E-state index is -0.920. The number of amides is 2. The fourth-order valence-corrected chi connectivity index (χ4v) is 1.72. The van der Waals surface area contributed by atoms with Crippen LogP contribution >= 0.6 is 0 Å². The number of aromatic nitrogens is 1. The Morgan fingerprint density at radius 1 is 1.40 bits per heavy atom. The Balaban J connectivity index is 2.57. The van der Waals surface area contributed by atoms with E-state index in [4.69, 9.17) is 5.11 Å². The van der Waals surface area contributed by atoms with E-state index >= 15 is 0 Å². The maximum absolute atomic E-state index is 12.0. The Bertz CT molecular complexity index is 448. The second-order valence-electron chi connectivity index (χ2n) is 5.08. The molecule has 0 aliphatic carbocycles. The smallest absolute Gasteiger partial charge is 0.317 e. The van der Waals surface area contributed by atoms with E-state index in [2.05, 4.69) is 10.3 Å². The van der Waals surface area contributed by atoms with Crippen molar-refractivity contribution in [3.63, 3.8) is 0 Å². The number of hydrogen-bond donors (Lipinski definition) is 2. The lowest BCUT2D eigenvalue weighted by atomic mass is 10.0. The summed E-state index contributed by atoms with van der Waals surface area (Å²) in [5.74, 6) is -0.866. The molecule has 1 heterocycles. The van der Waals surface area contributed by atoms with Crippen LogP contribution in [0.4, 0.5) is 4.79 Å². The fourth-order valence-electron chi connectivity index (χ4n) is 1.72. The molecule has 1 atom stereocenters. The molecule has 2 amide bonds. The van der Waals surface area contributed by atoms with Crippen molar-refractivity contribution in [3.05, 3.63) is 30.1 Å². The molecule has 110 valence electrons. The summed E-state index contributed by atoms with van der Waals surface area (Å²) in [5.41, 5.74) is 0.782. The van der Waals surface area contributed by atoms with Crippen LogP contribution in [-0.4, -0.2) is 40.1 Å². The van der Waals surface area contributed by atoms with Gasteiger partial charge in [-0.25, -0.2) is 4.79 Å². The maximum atomic E-state index is 12.0. The Kier molecular flexibility index (Phi) is 5.96. The Morgan fingerprint density at radius 2 is 2.10 bits per heavy atom. The number of carboxylic acids is 1. The molecule has 0 fully saturated rings. The first-order chi connectivity index (χ1) is 9.40. The summed E-state index contributed by atoms with van der Waals surface area (Å²) in [6.07, 6.45) is 1.59. The monoisotopic (exact) mass is 279 g/mol. The lowest BCUT2D eigenvalue weighted by molar-refractivity contribution is -0.137. The van der Waals surface area contributed by atoms with Crippen molar-refractivity contribution in [3.8, 4) is 0 Å². The first-order valence-corrected chi connectivity index (χ1v) is 6.53. The van der Waals surface area contributed by atoms with Crippen LogP contribution in [0.3, 0.4) is 0 Å². The van der Waals surface area contributed by atoms with Gasteiger partial charge in [-0.1, -0.05) is 19.9 Å².